The lowest BCUT2D eigenvalue weighted by Crippen LogP contribution is -2.38. The SMILES string of the molecule is CN(CC(=O)Nc1ncc(Cc2ccc(C(F)(F)F)cc2)s1)C1CCS(=O)(=O)C1. The average molecular weight is 448 g/mol. The van der Waals surface area contributed by atoms with Crippen LogP contribution in [0.4, 0.5) is 18.3 Å². The largest absolute Gasteiger partial charge is 0.416 e. The van der Waals surface area contributed by atoms with Crippen LogP contribution < -0.4 is 5.32 Å². The molecule has 1 fully saturated rings. The van der Waals surface area contributed by atoms with E-state index in [0.29, 0.717) is 23.5 Å². The van der Waals surface area contributed by atoms with E-state index in [1.165, 1.54) is 23.5 Å². The lowest BCUT2D eigenvalue weighted by atomic mass is 10.1. The molecule has 2 heterocycles. The van der Waals surface area contributed by atoms with Gasteiger partial charge in [-0.3, -0.25) is 9.69 Å². The number of thiazole rings is 1. The molecule has 1 saturated heterocycles. The van der Waals surface area contributed by atoms with E-state index < -0.39 is 21.6 Å². The first-order valence-corrected chi connectivity index (χ1v) is 11.5. The summed E-state index contributed by atoms with van der Waals surface area (Å²) in [7, 11) is -1.31. The highest BCUT2D eigenvalue weighted by atomic mass is 32.2. The number of hydrogen-bond donors (Lipinski definition) is 1. The molecule has 11 heteroatoms. The number of alkyl halides is 3. The highest BCUT2D eigenvalue weighted by Crippen LogP contribution is 2.30. The zero-order valence-corrected chi connectivity index (χ0v) is 17.2. The molecule has 1 aliphatic rings. The second kappa shape index (κ2) is 8.41. The molecule has 2 aromatic rings. The monoisotopic (exact) mass is 447 g/mol. The summed E-state index contributed by atoms with van der Waals surface area (Å²) in [4.78, 5) is 18.8. The van der Waals surface area contributed by atoms with Gasteiger partial charge in [-0.15, -0.1) is 11.3 Å². The Kier molecular flexibility index (Phi) is 6.30. The fraction of sp³-hybridized carbons (Fsp3) is 0.444. The third kappa shape index (κ3) is 6.00. The van der Waals surface area contributed by atoms with Crippen LogP contribution in [0.2, 0.25) is 0 Å². The van der Waals surface area contributed by atoms with Crippen LogP contribution in [0.3, 0.4) is 0 Å². The Morgan fingerprint density at radius 2 is 2.00 bits per heavy atom. The highest BCUT2D eigenvalue weighted by Gasteiger charge is 2.31. The van der Waals surface area contributed by atoms with Crippen LogP contribution >= 0.6 is 11.3 Å². The van der Waals surface area contributed by atoms with Crippen molar-refractivity contribution in [2.45, 2.75) is 25.1 Å². The van der Waals surface area contributed by atoms with Gasteiger partial charge in [-0.25, -0.2) is 13.4 Å². The maximum absolute atomic E-state index is 12.6. The summed E-state index contributed by atoms with van der Waals surface area (Å²) in [5, 5.41) is 3.07. The molecule has 6 nitrogen and oxygen atoms in total. The zero-order valence-electron chi connectivity index (χ0n) is 15.6. The van der Waals surface area contributed by atoms with Gasteiger partial charge in [0.1, 0.15) is 0 Å². The third-order valence-corrected chi connectivity index (χ3v) is 7.35. The van der Waals surface area contributed by atoms with Crippen molar-refractivity contribution in [3.63, 3.8) is 0 Å². The number of hydrogen-bond acceptors (Lipinski definition) is 6. The number of aromatic nitrogens is 1. The average Bonchev–Trinajstić information content (AvgIpc) is 3.20. The maximum atomic E-state index is 12.6. The van der Waals surface area contributed by atoms with E-state index in [1.54, 1.807) is 18.1 Å². The van der Waals surface area contributed by atoms with Gasteiger partial charge >= 0.3 is 6.18 Å². The Morgan fingerprint density at radius 1 is 1.31 bits per heavy atom. The number of carbonyl (C=O) groups is 1. The number of nitrogens with one attached hydrogen (secondary N) is 1. The van der Waals surface area contributed by atoms with Crippen molar-refractivity contribution in [2.24, 2.45) is 0 Å². The van der Waals surface area contributed by atoms with Crippen LogP contribution in [-0.2, 0) is 27.2 Å². The molecule has 1 unspecified atom stereocenters. The lowest BCUT2D eigenvalue weighted by molar-refractivity contribution is -0.137. The van der Waals surface area contributed by atoms with Crippen molar-refractivity contribution in [3.8, 4) is 0 Å². The predicted molar refractivity (Wildman–Crippen MR) is 105 cm³/mol. The molecule has 158 valence electrons. The number of anilines is 1. The molecular weight excluding hydrogens is 427 g/mol. The van der Waals surface area contributed by atoms with Crippen molar-refractivity contribution in [2.75, 3.05) is 30.4 Å². The molecule has 0 bridgehead atoms. The van der Waals surface area contributed by atoms with Gasteiger partial charge in [-0.05, 0) is 31.2 Å². The number of rotatable bonds is 6. The standard InChI is InChI=1S/C18H20F3N3O3S2/c1-24(14-6-7-29(26,27)11-14)10-16(25)23-17-22-9-15(28-17)8-12-2-4-13(5-3-12)18(19,20)21/h2-5,9,14H,6-8,10-11H2,1H3,(H,22,23,25). The van der Waals surface area contributed by atoms with E-state index in [0.717, 1.165) is 17.0 Å². The molecule has 0 saturated carbocycles. The molecular formula is C18H20F3N3O3S2. The quantitative estimate of drug-likeness (QED) is 0.737. The molecule has 1 amide bonds. The fourth-order valence-corrected chi connectivity index (χ4v) is 5.77. The van der Waals surface area contributed by atoms with E-state index in [9.17, 15) is 26.4 Å². The summed E-state index contributed by atoms with van der Waals surface area (Å²) < 4.78 is 61.0. The first kappa shape index (κ1) is 21.7. The Balaban J connectivity index is 1.53. The smallest absolute Gasteiger partial charge is 0.301 e. The first-order valence-electron chi connectivity index (χ1n) is 8.83. The zero-order chi connectivity index (χ0) is 21.2. The minimum absolute atomic E-state index is 0.0496. The summed E-state index contributed by atoms with van der Waals surface area (Å²) in [5.41, 5.74) is 0.0133. The normalized spacial score (nSPS) is 18.9. The second-order valence-electron chi connectivity index (χ2n) is 7.02. The Hall–Kier alpha value is -1.98. The Bertz CT molecular complexity index is 972. The van der Waals surface area contributed by atoms with Gasteiger partial charge in [0.25, 0.3) is 0 Å². The lowest BCUT2D eigenvalue weighted by Gasteiger charge is -2.21. The third-order valence-electron chi connectivity index (χ3n) is 4.68. The van der Waals surface area contributed by atoms with Gasteiger partial charge in [0, 0.05) is 23.5 Å². The molecule has 1 N–H and O–H groups in total. The topological polar surface area (TPSA) is 79.4 Å². The number of benzene rings is 1. The highest BCUT2D eigenvalue weighted by molar-refractivity contribution is 7.91. The van der Waals surface area contributed by atoms with Crippen LogP contribution in [0.25, 0.3) is 0 Å². The van der Waals surface area contributed by atoms with Crippen LogP contribution in [0.1, 0.15) is 22.4 Å². The summed E-state index contributed by atoms with van der Waals surface area (Å²) in [6.07, 6.45) is -1.87. The van der Waals surface area contributed by atoms with Gasteiger partial charge in [0.2, 0.25) is 5.91 Å². The molecule has 0 aliphatic carbocycles. The van der Waals surface area contributed by atoms with E-state index in [1.807, 2.05) is 0 Å². The number of amides is 1. The second-order valence-corrected chi connectivity index (χ2v) is 10.4. The van der Waals surface area contributed by atoms with Crippen molar-refractivity contribution in [1.29, 1.82) is 0 Å². The van der Waals surface area contributed by atoms with Crippen molar-refractivity contribution < 1.29 is 26.4 Å². The van der Waals surface area contributed by atoms with Gasteiger partial charge in [-0.1, -0.05) is 12.1 Å². The molecule has 0 spiro atoms. The van der Waals surface area contributed by atoms with Crippen molar-refractivity contribution in [3.05, 3.63) is 46.5 Å². The van der Waals surface area contributed by atoms with Crippen molar-refractivity contribution >= 4 is 32.2 Å². The summed E-state index contributed by atoms with van der Waals surface area (Å²) in [6.45, 7) is 0.0496. The van der Waals surface area contributed by atoms with E-state index in [-0.39, 0.29) is 30.0 Å². The Labute approximate surface area is 170 Å². The molecule has 3 rings (SSSR count). The molecule has 1 aromatic carbocycles. The van der Waals surface area contributed by atoms with Gasteiger partial charge < -0.3 is 5.32 Å². The van der Waals surface area contributed by atoms with Crippen LogP contribution in [0.5, 0.6) is 0 Å². The minimum Gasteiger partial charge on any atom is -0.301 e. The molecule has 1 aromatic heterocycles. The summed E-state index contributed by atoms with van der Waals surface area (Å²) in [6, 6.07) is 4.75. The van der Waals surface area contributed by atoms with E-state index in [4.69, 9.17) is 0 Å². The van der Waals surface area contributed by atoms with Crippen LogP contribution in [0.15, 0.2) is 30.5 Å². The first-order chi connectivity index (χ1) is 13.5. The van der Waals surface area contributed by atoms with Crippen LogP contribution in [0, 0.1) is 0 Å². The number of halogens is 3. The Morgan fingerprint density at radius 3 is 2.59 bits per heavy atom. The number of nitrogens with zero attached hydrogens (tertiary/aromatic N) is 2. The molecule has 0 radical (unpaired) electrons. The number of carbonyl (C=O) groups excluding carboxylic acids is 1. The van der Waals surface area contributed by atoms with Crippen LogP contribution in [-0.4, -0.2) is 55.3 Å². The van der Waals surface area contributed by atoms with Gasteiger partial charge in [0.15, 0.2) is 15.0 Å². The predicted octanol–water partition coefficient (Wildman–Crippen LogP) is 2.81. The molecule has 1 aliphatic heterocycles. The summed E-state index contributed by atoms with van der Waals surface area (Å²) in [5.74, 6) is -0.0958. The minimum atomic E-state index is -4.36. The van der Waals surface area contributed by atoms with Gasteiger partial charge in [-0.2, -0.15) is 13.2 Å². The van der Waals surface area contributed by atoms with Gasteiger partial charge in [0.05, 0.1) is 23.6 Å². The van der Waals surface area contributed by atoms with Crippen molar-refractivity contribution in [1.82, 2.24) is 9.88 Å². The number of likely N-dealkylation sites (N-methyl/N-ethyl adjacent to an activating group) is 1. The maximum Gasteiger partial charge on any atom is 0.416 e. The molecule has 29 heavy (non-hydrogen) atoms. The number of sulfone groups is 1. The van der Waals surface area contributed by atoms with E-state index in [2.05, 4.69) is 10.3 Å². The molecule has 1 atom stereocenters. The fourth-order valence-electron chi connectivity index (χ4n) is 3.10. The van der Waals surface area contributed by atoms with E-state index >= 15 is 0 Å². The summed E-state index contributed by atoms with van der Waals surface area (Å²) >= 11 is 1.25.